The van der Waals surface area contributed by atoms with Crippen molar-refractivity contribution in [1.82, 2.24) is 0 Å². The van der Waals surface area contributed by atoms with Crippen LogP contribution in [0.15, 0.2) is 42.5 Å². The number of aryl methyl sites for hydroxylation is 1. The maximum Gasteiger partial charge on any atom is 0.165 e. The van der Waals surface area contributed by atoms with Gasteiger partial charge in [-0.3, -0.25) is 0 Å². The van der Waals surface area contributed by atoms with Crippen molar-refractivity contribution in [3.05, 3.63) is 59.4 Å². The van der Waals surface area contributed by atoms with E-state index in [9.17, 15) is 4.39 Å². The minimum Gasteiger partial charge on any atom is -0.493 e. The summed E-state index contributed by atoms with van der Waals surface area (Å²) in [5.74, 6) is 0.759. The predicted molar refractivity (Wildman–Crippen MR) is 81.1 cm³/mol. The second kappa shape index (κ2) is 7.64. The first kappa shape index (κ1) is 15.3. The van der Waals surface area contributed by atoms with Gasteiger partial charge in [0.05, 0.1) is 13.2 Å². The molecule has 0 aliphatic heterocycles. The molecule has 0 atom stereocenters. The van der Waals surface area contributed by atoms with E-state index in [1.165, 1.54) is 6.07 Å². The molecule has 2 aromatic rings. The summed E-state index contributed by atoms with van der Waals surface area (Å²) >= 11 is 0. The lowest BCUT2D eigenvalue weighted by Crippen LogP contribution is -2.06. The van der Waals surface area contributed by atoms with E-state index in [0.717, 1.165) is 16.9 Å². The Hall–Kier alpha value is -2.07. The second-order valence-corrected chi connectivity index (χ2v) is 4.83. The fraction of sp³-hybridized carbons (Fsp3) is 0.294. The zero-order chi connectivity index (χ0) is 15.1. The summed E-state index contributed by atoms with van der Waals surface area (Å²) in [7, 11) is 0. The summed E-state index contributed by atoms with van der Waals surface area (Å²) in [6.07, 6.45) is 0.687. The van der Waals surface area contributed by atoms with Crippen LogP contribution >= 0.6 is 0 Å². The number of ether oxygens (including phenoxy) is 2. The molecule has 0 aliphatic carbocycles. The molecule has 2 N–H and O–H groups in total. The molecule has 0 heterocycles. The van der Waals surface area contributed by atoms with Crippen LogP contribution in [-0.4, -0.2) is 13.2 Å². The topological polar surface area (TPSA) is 44.5 Å². The lowest BCUT2D eigenvalue weighted by atomic mass is 10.2. The summed E-state index contributed by atoms with van der Waals surface area (Å²) in [5.41, 5.74) is 7.57. The molecule has 0 bridgehead atoms. The fourth-order valence-corrected chi connectivity index (χ4v) is 1.87. The van der Waals surface area contributed by atoms with Crippen LogP contribution in [0.2, 0.25) is 0 Å². The first-order chi connectivity index (χ1) is 10.2. The van der Waals surface area contributed by atoms with Gasteiger partial charge in [0.1, 0.15) is 5.75 Å². The normalized spacial score (nSPS) is 10.4. The Balaban J connectivity index is 1.71. The van der Waals surface area contributed by atoms with Crippen molar-refractivity contribution >= 4 is 0 Å². The molecule has 0 aliphatic rings. The van der Waals surface area contributed by atoms with E-state index in [2.05, 4.69) is 0 Å². The molecule has 21 heavy (non-hydrogen) atoms. The molecule has 0 spiro atoms. The third kappa shape index (κ3) is 4.76. The molecule has 0 aromatic heterocycles. The molecular weight excluding hydrogens is 269 g/mol. The molecule has 112 valence electrons. The van der Waals surface area contributed by atoms with E-state index in [0.29, 0.717) is 31.9 Å². The van der Waals surface area contributed by atoms with Gasteiger partial charge in [0, 0.05) is 13.0 Å². The Morgan fingerprint density at radius 2 is 1.71 bits per heavy atom. The Kier molecular flexibility index (Phi) is 5.58. The largest absolute Gasteiger partial charge is 0.493 e. The second-order valence-electron chi connectivity index (χ2n) is 4.83. The van der Waals surface area contributed by atoms with E-state index in [1.807, 2.05) is 31.2 Å². The van der Waals surface area contributed by atoms with Crippen LogP contribution in [0.3, 0.4) is 0 Å². The summed E-state index contributed by atoms with van der Waals surface area (Å²) in [4.78, 5) is 0. The van der Waals surface area contributed by atoms with Gasteiger partial charge in [0.25, 0.3) is 0 Å². The van der Waals surface area contributed by atoms with Gasteiger partial charge < -0.3 is 15.2 Å². The van der Waals surface area contributed by atoms with Crippen molar-refractivity contribution in [1.29, 1.82) is 0 Å². The van der Waals surface area contributed by atoms with E-state index in [-0.39, 0.29) is 5.82 Å². The SMILES string of the molecule is Cc1ccc(F)c(OCCCOc2ccc(CN)cc2)c1. The molecule has 0 unspecified atom stereocenters. The summed E-state index contributed by atoms with van der Waals surface area (Å²) < 4.78 is 24.5. The van der Waals surface area contributed by atoms with Crippen LogP contribution in [-0.2, 0) is 6.54 Å². The average molecular weight is 289 g/mol. The van der Waals surface area contributed by atoms with Crippen LogP contribution < -0.4 is 15.2 Å². The van der Waals surface area contributed by atoms with Gasteiger partial charge >= 0.3 is 0 Å². The van der Waals surface area contributed by atoms with Crippen molar-refractivity contribution in [2.24, 2.45) is 5.73 Å². The zero-order valence-electron chi connectivity index (χ0n) is 12.1. The van der Waals surface area contributed by atoms with Crippen molar-refractivity contribution in [2.45, 2.75) is 19.9 Å². The first-order valence-electron chi connectivity index (χ1n) is 7.00. The molecule has 2 aromatic carbocycles. The minimum atomic E-state index is -0.334. The maximum atomic E-state index is 13.4. The third-order valence-electron chi connectivity index (χ3n) is 3.06. The van der Waals surface area contributed by atoms with Crippen molar-refractivity contribution in [3.63, 3.8) is 0 Å². The summed E-state index contributed by atoms with van der Waals surface area (Å²) in [6.45, 7) is 3.37. The maximum absolute atomic E-state index is 13.4. The molecule has 0 radical (unpaired) electrons. The van der Waals surface area contributed by atoms with E-state index >= 15 is 0 Å². The van der Waals surface area contributed by atoms with Gasteiger partial charge in [-0.1, -0.05) is 18.2 Å². The summed E-state index contributed by atoms with van der Waals surface area (Å²) in [6, 6.07) is 12.5. The Morgan fingerprint density at radius 1 is 1.00 bits per heavy atom. The van der Waals surface area contributed by atoms with Gasteiger partial charge in [0.15, 0.2) is 11.6 Å². The lowest BCUT2D eigenvalue weighted by molar-refractivity contribution is 0.241. The molecule has 0 amide bonds. The molecular formula is C17H20FNO2. The van der Waals surface area contributed by atoms with E-state index < -0.39 is 0 Å². The highest BCUT2D eigenvalue weighted by Gasteiger charge is 2.03. The van der Waals surface area contributed by atoms with Crippen molar-refractivity contribution in [2.75, 3.05) is 13.2 Å². The van der Waals surface area contributed by atoms with Crippen LogP contribution in [0.1, 0.15) is 17.5 Å². The van der Waals surface area contributed by atoms with Crippen LogP contribution in [0.5, 0.6) is 11.5 Å². The van der Waals surface area contributed by atoms with Gasteiger partial charge in [-0.2, -0.15) is 0 Å². The molecule has 0 fully saturated rings. The quantitative estimate of drug-likeness (QED) is 0.794. The summed E-state index contributed by atoms with van der Waals surface area (Å²) in [5, 5.41) is 0. The van der Waals surface area contributed by atoms with Crippen LogP contribution in [0, 0.1) is 12.7 Å². The molecule has 0 saturated carbocycles. The molecule has 0 saturated heterocycles. The van der Waals surface area contributed by atoms with Gasteiger partial charge in [0.2, 0.25) is 0 Å². The minimum absolute atomic E-state index is 0.294. The monoisotopic (exact) mass is 289 g/mol. The fourth-order valence-electron chi connectivity index (χ4n) is 1.87. The zero-order valence-corrected chi connectivity index (χ0v) is 12.1. The highest BCUT2D eigenvalue weighted by atomic mass is 19.1. The molecule has 2 rings (SSSR count). The van der Waals surface area contributed by atoms with Crippen molar-refractivity contribution in [3.8, 4) is 11.5 Å². The smallest absolute Gasteiger partial charge is 0.165 e. The average Bonchev–Trinajstić information content (AvgIpc) is 2.51. The highest BCUT2D eigenvalue weighted by Crippen LogP contribution is 2.18. The Morgan fingerprint density at radius 3 is 2.43 bits per heavy atom. The molecule has 3 nitrogen and oxygen atoms in total. The number of hydrogen-bond donors (Lipinski definition) is 1. The lowest BCUT2D eigenvalue weighted by Gasteiger charge is -2.09. The van der Waals surface area contributed by atoms with Gasteiger partial charge in [-0.25, -0.2) is 4.39 Å². The van der Waals surface area contributed by atoms with E-state index in [4.69, 9.17) is 15.2 Å². The number of benzene rings is 2. The van der Waals surface area contributed by atoms with Crippen LogP contribution in [0.25, 0.3) is 0 Å². The van der Waals surface area contributed by atoms with Crippen molar-refractivity contribution < 1.29 is 13.9 Å². The van der Waals surface area contributed by atoms with Gasteiger partial charge in [-0.15, -0.1) is 0 Å². The van der Waals surface area contributed by atoms with Gasteiger partial charge in [-0.05, 0) is 42.3 Å². The highest BCUT2D eigenvalue weighted by molar-refractivity contribution is 5.29. The van der Waals surface area contributed by atoms with Crippen LogP contribution in [0.4, 0.5) is 4.39 Å². The number of rotatable bonds is 7. The predicted octanol–water partition coefficient (Wildman–Crippen LogP) is 3.44. The Bertz CT molecular complexity index is 570. The number of hydrogen-bond acceptors (Lipinski definition) is 3. The third-order valence-corrected chi connectivity index (χ3v) is 3.06. The number of halogens is 1. The first-order valence-corrected chi connectivity index (χ1v) is 7.00. The number of nitrogens with two attached hydrogens (primary N) is 1. The Labute approximate surface area is 124 Å². The van der Waals surface area contributed by atoms with E-state index in [1.54, 1.807) is 12.1 Å². The standard InChI is InChI=1S/C17H20FNO2/c1-13-3-8-16(18)17(11-13)21-10-2-9-20-15-6-4-14(12-19)5-7-15/h3-8,11H,2,9-10,12,19H2,1H3. The molecule has 4 heteroatoms.